The first-order valence-electron chi connectivity index (χ1n) is 36.2. The molecule has 3 aliphatic carbocycles. The number of halogens is 3. The molecule has 0 bridgehead atoms. The summed E-state index contributed by atoms with van der Waals surface area (Å²) in [6.45, 7) is 6.54. The molecule has 24 nitrogen and oxygen atoms in total. The number of carbonyl (C=O) groups is 12. The van der Waals surface area contributed by atoms with Gasteiger partial charge in [-0.25, -0.2) is 0 Å². The third-order valence-electron chi connectivity index (χ3n) is 22.0. The molecular formula is C72H111F3N12O12. The zero-order valence-electron chi connectivity index (χ0n) is 60.4. The molecule has 3 N–H and O–H groups in total. The molecule has 8 atom stereocenters. The van der Waals surface area contributed by atoms with Crippen molar-refractivity contribution in [1.82, 2.24) is 60.0 Å². The van der Waals surface area contributed by atoms with Gasteiger partial charge in [0.05, 0.1) is 31.6 Å². The zero-order valence-corrected chi connectivity index (χ0v) is 60.4. The predicted octanol–water partition coefficient (Wildman–Crippen LogP) is 5.38. The summed E-state index contributed by atoms with van der Waals surface area (Å²) in [5.41, 5.74) is -2.01. The second-order valence-electron chi connectivity index (χ2n) is 29.7. The monoisotopic (exact) mass is 1390 g/mol. The lowest BCUT2D eigenvalue weighted by Crippen LogP contribution is -2.65. The zero-order chi connectivity index (χ0) is 72.8. The number of nitrogens with one attached hydrogen (secondary N) is 3. The molecule has 3 heterocycles. The van der Waals surface area contributed by atoms with Crippen LogP contribution in [0.25, 0.3) is 0 Å². The van der Waals surface area contributed by atoms with E-state index >= 15 is 24.0 Å². The summed E-state index contributed by atoms with van der Waals surface area (Å²) in [5, 5.41) is 8.79. The van der Waals surface area contributed by atoms with Gasteiger partial charge in [0.25, 0.3) is 0 Å². The second kappa shape index (κ2) is 35.3. The number of likely N-dealkylation sites (tertiary alicyclic amines) is 1. The Balaban J connectivity index is 1.28. The van der Waals surface area contributed by atoms with Crippen molar-refractivity contribution in [3.63, 3.8) is 0 Å². The van der Waals surface area contributed by atoms with Crippen LogP contribution in [0.15, 0.2) is 24.3 Å². The van der Waals surface area contributed by atoms with Crippen molar-refractivity contribution in [2.75, 3.05) is 88.6 Å². The van der Waals surface area contributed by atoms with Gasteiger partial charge in [0.1, 0.15) is 47.8 Å². The van der Waals surface area contributed by atoms with E-state index in [2.05, 4.69) is 16.0 Å². The summed E-state index contributed by atoms with van der Waals surface area (Å²) in [7, 11) is 10.1. The van der Waals surface area contributed by atoms with Crippen molar-refractivity contribution in [2.24, 2.45) is 23.7 Å². The highest BCUT2D eigenvalue weighted by molar-refractivity contribution is 6.01. The molecule has 1 aromatic carbocycles. The van der Waals surface area contributed by atoms with E-state index in [1.807, 2.05) is 20.8 Å². The number of alkyl halides is 3. The largest absolute Gasteiger partial charge is 0.416 e. The topological polar surface area (TPSA) is 270 Å². The quantitative estimate of drug-likeness (QED) is 0.252. The van der Waals surface area contributed by atoms with E-state index in [-0.39, 0.29) is 63.3 Å². The smallest absolute Gasteiger partial charge is 0.343 e. The second-order valence-corrected chi connectivity index (χ2v) is 29.7. The van der Waals surface area contributed by atoms with Gasteiger partial charge in [0.2, 0.25) is 70.9 Å². The third kappa shape index (κ3) is 20.0. The molecule has 3 saturated carbocycles. The summed E-state index contributed by atoms with van der Waals surface area (Å²) in [6.07, 6.45) is 6.73. The molecule has 0 unspecified atom stereocenters. The molecule has 6 aliphatic rings. The summed E-state index contributed by atoms with van der Waals surface area (Å²) < 4.78 is 41.1. The Bertz CT molecular complexity index is 3040. The first-order chi connectivity index (χ1) is 46.8. The molecule has 99 heavy (non-hydrogen) atoms. The lowest BCUT2D eigenvalue weighted by molar-refractivity contribution is -0.156. The molecule has 3 aliphatic heterocycles. The van der Waals surface area contributed by atoms with Crippen molar-refractivity contribution >= 4 is 70.9 Å². The van der Waals surface area contributed by atoms with Gasteiger partial charge in [0, 0.05) is 69.0 Å². The third-order valence-corrected chi connectivity index (χ3v) is 22.0. The molecule has 27 heteroatoms. The summed E-state index contributed by atoms with van der Waals surface area (Å²) in [5.74, 6) is -8.52. The number of benzene rings is 1. The minimum atomic E-state index is -4.62. The Morgan fingerprint density at radius 1 is 0.586 bits per heavy atom. The number of fused-ring (bicyclic) bond motifs is 1. The van der Waals surface area contributed by atoms with Gasteiger partial charge in [-0.15, -0.1) is 0 Å². The SMILES string of the molecule is CC[C@H](C)[C@@H]1NC(=O)[C@H](CC(C)C)N(C)C(=O)C[C@@H](C(=O)N2CCCC2)N(C)C(=O)[C@H](C2CCCCC2)N(C)C(=O)C2(CCCC2)NC(=O)[C@@H]2CCCN2C(=O)[C@H](CCc2ccc(C(F)(F)F)cc2)NC(=O)CN(C)C(=O)[C@H](CC2CCCCC2)N(C)C(=O)CN(C)C(=O)CN(C)C1=O. The number of carbonyl (C=O) groups excluding carboxylic acids is 12. The van der Waals surface area contributed by atoms with Crippen LogP contribution in [-0.2, 0) is 70.1 Å². The molecule has 12 amide bonds. The average molecular weight is 1390 g/mol. The van der Waals surface area contributed by atoms with Gasteiger partial charge >= 0.3 is 6.18 Å². The Morgan fingerprint density at radius 3 is 1.77 bits per heavy atom. The van der Waals surface area contributed by atoms with Gasteiger partial charge < -0.3 is 60.0 Å². The number of amides is 12. The Kier molecular flexibility index (Phi) is 28.2. The minimum absolute atomic E-state index is 0.00427. The first-order valence-corrected chi connectivity index (χ1v) is 36.2. The highest BCUT2D eigenvalue weighted by Crippen LogP contribution is 2.38. The van der Waals surface area contributed by atoms with Crippen molar-refractivity contribution in [3.05, 3.63) is 35.4 Å². The lowest BCUT2D eigenvalue weighted by atomic mass is 9.81. The van der Waals surface area contributed by atoms with E-state index in [1.54, 1.807) is 11.8 Å². The van der Waals surface area contributed by atoms with Crippen molar-refractivity contribution in [1.29, 1.82) is 0 Å². The van der Waals surface area contributed by atoms with Crippen LogP contribution in [0.1, 0.15) is 187 Å². The Hall–Kier alpha value is -7.35. The minimum Gasteiger partial charge on any atom is -0.343 e. The van der Waals surface area contributed by atoms with Crippen molar-refractivity contribution < 1.29 is 70.7 Å². The first kappa shape index (κ1) is 79.0. The number of likely N-dealkylation sites (N-methyl/N-ethyl adjacent to an activating group) is 7. The van der Waals surface area contributed by atoms with Crippen LogP contribution in [-0.4, -0.2) is 251 Å². The van der Waals surface area contributed by atoms with Crippen LogP contribution < -0.4 is 16.0 Å². The van der Waals surface area contributed by atoms with Crippen LogP contribution in [0.5, 0.6) is 0 Å². The van der Waals surface area contributed by atoms with E-state index in [9.17, 15) is 46.7 Å². The summed E-state index contributed by atoms with van der Waals surface area (Å²) >= 11 is 0. The molecule has 1 aromatic rings. The van der Waals surface area contributed by atoms with E-state index in [0.717, 1.165) is 78.2 Å². The number of nitrogens with zero attached hydrogens (tertiary/aromatic N) is 9. The van der Waals surface area contributed by atoms with Crippen LogP contribution in [0.2, 0.25) is 0 Å². The Labute approximate surface area is 582 Å². The molecule has 0 radical (unpaired) electrons. The number of aryl methyl sites for hydroxylation is 1. The molecule has 7 rings (SSSR count). The highest BCUT2D eigenvalue weighted by Gasteiger charge is 2.51. The maximum atomic E-state index is 15.7. The van der Waals surface area contributed by atoms with Gasteiger partial charge in [-0.05, 0) is 118 Å². The van der Waals surface area contributed by atoms with Crippen LogP contribution in [0.4, 0.5) is 13.2 Å². The van der Waals surface area contributed by atoms with Crippen LogP contribution in [0.3, 0.4) is 0 Å². The fraction of sp³-hybridized carbons (Fsp3) is 0.750. The number of rotatable bonds is 11. The fourth-order valence-corrected chi connectivity index (χ4v) is 15.6. The van der Waals surface area contributed by atoms with Crippen LogP contribution in [0, 0.1) is 23.7 Å². The van der Waals surface area contributed by atoms with Gasteiger partial charge in [0.15, 0.2) is 0 Å². The van der Waals surface area contributed by atoms with Crippen molar-refractivity contribution in [3.8, 4) is 0 Å². The fourth-order valence-electron chi connectivity index (χ4n) is 15.6. The molecular weight excluding hydrogens is 1280 g/mol. The van der Waals surface area contributed by atoms with Crippen molar-refractivity contribution in [2.45, 2.75) is 236 Å². The maximum Gasteiger partial charge on any atom is 0.416 e. The van der Waals surface area contributed by atoms with E-state index in [0.29, 0.717) is 70.0 Å². The molecule has 6 fully saturated rings. The Morgan fingerprint density at radius 2 is 1.17 bits per heavy atom. The average Bonchev–Trinajstić information content (AvgIpc) is 1.72. The molecule has 1 spiro atoms. The highest BCUT2D eigenvalue weighted by atomic mass is 19.4. The van der Waals surface area contributed by atoms with E-state index in [4.69, 9.17) is 0 Å². The number of hydrogen-bond acceptors (Lipinski definition) is 12. The normalized spacial score (nSPS) is 27.0. The van der Waals surface area contributed by atoms with Gasteiger partial charge in [-0.3, -0.25) is 57.5 Å². The van der Waals surface area contributed by atoms with E-state index < -0.39 is 168 Å². The van der Waals surface area contributed by atoms with Gasteiger partial charge in [-0.2, -0.15) is 13.2 Å². The molecule has 552 valence electrons. The maximum absolute atomic E-state index is 15.7. The van der Waals surface area contributed by atoms with Gasteiger partial charge in [-0.1, -0.05) is 110 Å². The molecule has 3 saturated heterocycles. The van der Waals surface area contributed by atoms with E-state index in [1.165, 1.54) is 86.0 Å². The standard InChI is InChI=1S/C72H111F3N12O12/c1-12-47(4)61-68(97)81(7)44-59(90)79(5)45-60(91)83(9)55(41-49-24-15-13-16-25-49)66(95)80(6)43-57(88)76-52(34-31-48-29-32-51(33-30-48)72(73,74)75)65(94)87-39-23-28-53(87)64(93)78-71(35-19-20-36-71)70(99)85(11)62(50-26-17-14-18-27-50)69(98)84(10)56(67(96)86-37-21-22-38-86)42-58(89)82(8)54(40-46(2)3)63(92)77-61/h29-30,32-33,46-47,49-50,52-56,61-62H,12-28,31,34-45H2,1-11H3,(H,76,88)(H,77,92)(H,78,93)/t47-,52-,53-,54-,55-,56-,61-,62-/m0/s1. The lowest BCUT2D eigenvalue weighted by Gasteiger charge is -2.43. The number of hydrogen-bond donors (Lipinski definition) is 3. The summed E-state index contributed by atoms with van der Waals surface area (Å²) in [4.78, 5) is 190. The summed E-state index contributed by atoms with van der Waals surface area (Å²) in [6, 6.07) is -4.16. The molecule has 0 aromatic heterocycles. The predicted molar refractivity (Wildman–Crippen MR) is 364 cm³/mol. The van der Waals surface area contributed by atoms with Crippen LogP contribution >= 0.6 is 0 Å².